The second-order valence-electron chi connectivity index (χ2n) is 6.29. The van der Waals surface area contributed by atoms with E-state index in [2.05, 4.69) is 22.1 Å². The number of thiazole rings is 1. The molecule has 0 atom stereocenters. The third-order valence-corrected chi connectivity index (χ3v) is 5.45. The lowest BCUT2D eigenvalue weighted by molar-refractivity contribution is 0.395. The molecule has 0 aliphatic heterocycles. The third kappa shape index (κ3) is 3.69. The molecular formula is C22H22N4O2S. The van der Waals surface area contributed by atoms with E-state index in [0.29, 0.717) is 6.54 Å². The highest BCUT2D eigenvalue weighted by Gasteiger charge is 2.13. The van der Waals surface area contributed by atoms with Crippen molar-refractivity contribution in [3.8, 4) is 22.8 Å². The van der Waals surface area contributed by atoms with Gasteiger partial charge in [0, 0.05) is 46.2 Å². The lowest BCUT2D eigenvalue weighted by Crippen LogP contribution is -2.12. The van der Waals surface area contributed by atoms with Crippen LogP contribution in [-0.2, 0) is 0 Å². The second kappa shape index (κ2) is 8.36. The van der Waals surface area contributed by atoms with Gasteiger partial charge in [-0.15, -0.1) is 11.3 Å². The van der Waals surface area contributed by atoms with Crippen molar-refractivity contribution in [2.24, 2.45) is 10.1 Å². The average molecular weight is 407 g/mol. The molecule has 2 aromatic heterocycles. The highest BCUT2D eigenvalue weighted by molar-refractivity contribution is 7.07. The fraction of sp³-hybridized carbons (Fsp3) is 0.182. The van der Waals surface area contributed by atoms with Crippen LogP contribution in [0.4, 0.5) is 0 Å². The molecule has 0 aliphatic carbocycles. The summed E-state index contributed by atoms with van der Waals surface area (Å²) in [6, 6.07) is 13.9. The summed E-state index contributed by atoms with van der Waals surface area (Å²) in [7, 11) is 3.30. The molecule has 4 aromatic rings. The van der Waals surface area contributed by atoms with Gasteiger partial charge in [0.25, 0.3) is 0 Å². The van der Waals surface area contributed by atoms with E-state index in [1.807, 2.05) is 59.7 Å². The molecule has 0 saturated heterocycles. The average Bonchev–Trinajstić information content (AvgIpc) is 3.36. The van der Waals surface area contributed by atoms with Crippen LogP contribution in [0, 0.1) is 0 Å². The molecule has 29 heavy (non-hydrogen) atoms. The summed E-state index contributed by atoms with van der Waals surface area (Å²) >= 11 is 1.55. The van der Waals surface area contributed by atoms with E-state index in [4.69, 9.17) is 14.6 Å². The van der Waals surface area contributed by atoms with Crippen molar-refractivity contribution in [3.05, 3.63) is 64.4 Å². The Labute approximate surface area is 172 Å². The van der Waals surface area contributed by atoms with Crippen LogP contribution in [-0.4, -0.2) is 36.6 Å². The number of nitrogens with zero attached hydrogens (tertiary/aromatic N) is 3. The molecule has 0 aliphatic rings. The monoisotopic (exact) mass is 406 g/mol. The molecule has 0 amide bonds. The predicted octanol–water partition coefficient (Wildman–Crippen LogP) is 4.52. The Hall–Kier alpha value is -3.32. The Bertz CT molecular complexity index is 1230. The molecule has 2 aromatic carbocycles. The first-order chi connectivity index (χ1) is 14.2. The Morgan fingerprint density at radius 1 is 1.14 bits per heavy atom. The lowest BCUT2D eigenvalue weighted by atomic mass is 10.1. The molecule has 0 bridgehead atoms. The smallest absolute Gasteiger partial charge is 0.206 e. The van der Waals surface area contributed by atoms with Gasteiger partial charge in [-0.1, -0.05) is 18.2 Å². The Morgan fingerprint density at radius 3 is 2.79 bits per heavy atom. The van der Waals surface area contributed by atoms with Crippen LogP contribution in [0.25, 0.3) is 22.2 Å². The number of para-hydroxylation sites is 1. The van der Waals surface area contributed by atoms with Crippen molar-refractivity contribution in [3.63, 3.8) is 0 Å². The highest BCUT2D eigenvalue weighted by atomic mass is 32.1. The number of hydrogen-bond acceptors (Lipinski definition) is 5. The largest absolute Gasteiger partial charge is 0.497 e. The molecular weight excluding hydrogens is 384 g/mol. The van der Waals surface area contributed by atoms with Crippen LogP contribution in [0.2, 0.25) is 0 Å². The van der Waals surface area contributed by atoms with Crippen LogP contribution >= 0.6 is 11.3 Å². The maximum absolute atomic E-state index is 5.60. The molecule has 0 saturated carbocycles. The van der Waals surface area contributed by atoms with Gasteiger partial charge < -0.3 is 14.5 Å². The maximum atomic E-state index is 5.60. The quantitative estimate of drug-likeness (QED) is 0.479. The van der Waals surface area contributed by atoms with Gasteiger partial charge in [-0.3, -0.25) is 4.99 Å². The second-order valence-corrected chi connectivity index (χ2v) is 7.13. The zero-order chi connectivity index (χ0) is 20.2. The van der Waals surface area contributed by atoms with E-state index in [-0.39, 0.29) is 0 Å². The summed E-state index contributed by atoms with van der Waals surface area (Å²) in [4.78, 5) is 8.71. The summed E-state index contributed by atoms with van der Waals surface area (Å²) in [6.45, 7) is 2.70. The van der Waals surface area contributed by atoms with E-state index in [1.54, 1.807) is 25.6 Å². The predicted molar refractivity (Wildman–Crippen MR) is 118 cm³/mol. The van der Waals surface area contributed by atoms with Crippen molar-refractivity contribution >= 4 is 28.5 Å². The summed E-state index contributed by atoms with van der Waals surface area (Å²) < 4.78 is 12.8. The summed E-state index contributed by atoms with van der Waals surface area (Å²) in [5.74, 6) is 1.47. The van der Waals surface area contributed by atoms with E-state index in [1.165, 1.54) is 0 Å². The molecule has 2 heterocycles. The van der Waals surface area contributed by atoms with E-state index in [0.717, 1.165) is 44.0 Å². The van der Waals surface area contributed by atoms with Crippen LogP contribution in [0.15, 0.2) is 64.1 Å². The van der Waals surface area contributed by atoms with Gasteiger partial charge in [0.1, 0.15) is 11.5 Å². The molecule has 0 fully saturated rings. The van der Waals surface area contributed by atoms with E-state index >= 15 is 0 Å². The Balaban J connectivity index is 1.83. The number of benzene rings is 2. The number of H-pyrrole nitrogens is 1. The highest BCUT2D eigenvalue weighted by Crippen LogP contribution is 2.33. The molecule has 1 N–H and O–H groups in total. The number of rotatable bonds is 6. The molecule has 0 unspecified atom stereocenters. The van der Waals surface area contributed by atoms with Gasteiger partial charge in [0.15, 0.2) is 0 Å². The molecule has 6 nitrogen and oxygen atoms in total. The minimum atomic E-state index is 0.683. The van der Waals surface area contributed by atoms with Crippen molar-refractivity contribution in [1.82, 2.24) is 9.66 Å². The van der Waals surface area contributed by atoms with Crippen LogP contribution in [0.1, 0.15) is 12.5 Å². The van der Waals surface area contributed by atoms with Gasteiger partial charge >= 0.3 is 0 Å². The SMILES string of the molecule is CCN=c1scc(-c2ccc(OC)cc2OC)n1N=Cc1c[nH]c2ccccc12. The van der Waals surface area contributed by atoms with Crippen molar-refractivity contribution in [1.29, 1.82) is 0 Å². The van der Waals surface area contributed by atoms with Gasteiger partial charge in [0.05, 0.1) is 26.1 Å². The number of aromatic amines is 1. The molecule has 148 valence electrons. The molecule has 7 heteroatoms. The van der Waals surface area contributed by atoms with Gasteiger partial charge in [-0.2, -0.15) is 5.10 Å². The zero-order valence-corrected chi connectivity index (χ0v) is 17.4. The van der Waals surface area contributed by atoms with Crippen molar-refractivity contribution in [2.45, 2.75) is 6.92 Å². The number of methoxy groups -OCH3 is 2. The zero-order valence-electron chi connectivity index (χ0n) is 16.5. The summed E-state index contributed by atoms with van der Waals surface area (Å²) in [5.41, 5.74) is 3.95. The minimum Gasteiger partial charge on any atom is -0.497 e. The Morgan fingerprint density at radius 2 is 2.00 bits per heavy atom. The summed E-state index contributed by atoms with van der Waals surface area (Å²) in [6.07, 6.45) is 3.82. The fourth-order valence-electron chi connectivity index (χ4n) is 3.17. The van der Waals surface area contributed by atoms with Crippen molar-refractivity contribution < 1.29 is 9.47 Å². The topological polar surface area (TPSA) is 63.9 Å². The van der Waals surface area contributed by atoms with Gasteiger partial charge in [0.2, 0.25) is 4.80 Å². The molecule has 4 rings (SSSR count). The maximum Gasteiger partial charge on any atom is 0.206 e. The first-order valence-corrected chi connectivity index (χ1v) is 10.2. The van der Waals surface area contributed by atoms with E-state index < -0.39 is 0 Å². The number of aromatic nitrogens is 2. The van der Waals surface area contributed by atoms with Gasteiger partial charge in [-0.05, 0) is 25.1 Å². The number of fused-ring (bicyclic) bond motifs is 1. The number of ether oxygens (including phenoxy) is 2. The van der Waals surface area contributed by atoms with Gasteiger partial charge in [-0.25, -0.2) is 4.68 Å². The van der Waals surface area contributed by atoms with Crippen LogP contribution in [0.5, 0.6) is 11.5 Å². The fourth-order valence-corrected chi connectivity index (χ4v) is 4.06. The summed E-state index contributed by atoms with van der Waals surface area (Å²) in [5, 5.41) is 7.95. The van der Waals surface area contributed by atoms with Crippen molar-refractivity contribution in [2.75, 3.05) is 20.8 Å². The van der Waals surface area contributed by atoms with Crippen LogP contribution in [0.3, 0.4) is 0 Å². The van der Waals surface area contributed by atoms with E-state index in [9.17, 15) is 0 Å². The minimum absolute atomic E-state index is 0.683. The normalized spacial score (nSPS) is 12.2. The standard InChI is InChI=1S/C22H22N4O2S/c1-4-23-22-26(25-13-15-12-24-19-8-6-5-7-17(15)19)20(14-29-22)18-10-9-16(27-2)11-21(18)28-3/h5-14,24H,4H2,1-3H3. The first kappa shape index (κ1) is 19.0. The third-order valence-electron chi connectivity index (χ3n) is 4.60. The molecule has 0 radical (unpaired) electrons. The number of hydrogen-bond donors (Lipinski definition) is 1. The first-order valence-electron chi connectivity index (χ1n) is 9.29. The number of nitrogens with one attached hydrogen (secondary N) is 1. The lowest BCUT2D eigenvalue weighted by Gasteiger charge is -2.10. The molecule has 0 spiro atoms. The Kier molecular flexibility index (Phi) is 5.48. The van der Waals surface area contributed by atoms with Crippen LogP contribution < -0.4 is 14.3 Å².